The van der Waals surface area contributed by atoms with Gasteiger partial charge >= 0.3 is 0 Å². The predicted molar refractivity (Wildman–Crippen MR) is 54.8 cm³/mol. The van der Waals surface area contributed by atoms with Gasteiger partial charge in [0.05, 0.1) is 17.7 Å². The summed E-state index contributed by atoms with van der Waals surface area (Å²) in [4.78, 5) is 0. The Labute approximate surface area is 79.4 Å². The normalized spacial score (nSPS) is 12.3. The highest BCUT2D eigenvalue weighted by atomic mass is 79.9. The summed E-state index contributed by atoms with van der Waals surface area (Å²) in [6, 6.07) is 0. The van der Waals surface area contributed by atoms with E-state index >= 15 is 0 Å². The van der Waals surface area contributed by atoms with Gasteiger partial charge in [0, 0.05) is 6.42 Å². The van der Waals surface area contributed by atoms with E-state index in [0.29, 0.717) is 0 Å². The van der Waals surface area contributed by atoms with Crippen molar-refractivity contribution >= 4 is 36.3 Å². The van der Waals surface area contributed by atoms with Crippen LogP contribution in [0.15, 0.2) is 11.6 Å². The number of rotatable bonds is 4. The summed E-state index contributed by atoms with van der Waals surface area (Å²) < 4.78 is 5.32. The number of hydrogen-bond acceptors (Lipinski definition) is 1. The first-order chi connectivity index (χ1) is 4.70. The van der Waals surface area contributed by atoms with Crippen molar-refractivity contribution in [2.45, 2.75) is 20.3 Å². The Morgan fingerprint density at radius 1 is 1.50 bits per heavy atom. The zero-order valence-electron chi connectivity index (χ0n) is 6.10. The van der Waals surface area contributed by atoms with Crippen LogP contribution >= 0.6 is 36.3 Å². The standard InChI is InChI=1S/C6H11Br2OP/c1-3-6(9-4-2)5-10(7)8/h5H,3-4H2,1-2H3/b6-5+. The van der Waals surface area contributed by atoms with Gasteiger partial charge in [-0.05, 0) is 43.7 Å². The van der Waals surface area contributed by atoms with E-state index in [4.69, 9.17) is 4.74 Å². The third-order valence-corrected chi connectivity index (χ3v) is 2.63. The number of hydrogen-bond donors (Lipinski definition) is 0. The second kappa shape index (κ2) is 6.63. The van der Waals surface area contributed by atoms with E-state index in [1.54, 1.807) is 0 Å². The molecule has 0 rings (SSSR count). The summed E-state index contributed by atoms with van der Waals surface area (Å²) in [5.41, 5.74) is 0. The Hall–Kier alpha value is 0.930. The predicted octanol–water partition coefficient (Wildman–Crippen LogP) is 4.38. The molecule has 0 bridgehead atoms. The van der Waals surface area contributed by atoms with Gasteiger partial charge in [-0.2, -0.15) is 0 Å². The molecule has 0 saturated carbocycles. The molecule has 0 amide bonds. The molecule has 0 heterocycles. The minimum absolute atomic E-state index is 0.319. The average Bonchev–Trinajstić information content (AvgIpc) is 1.86. The largest absolute Gasteiger partial charge is 0.498 e. The molecule has 0 fully saturated rings. The molecule has 60 valence electrons. The first-order valence-corrected chi connectivity index (χ1v) is 8.59. The Kier molecular flexibility index (Phi) is 7.24. The minimum Gasteiger partial charge on any atom is -0.498 e. The van der Waals surface area contributed by atoms with E-state index in [-0.39, 0.29) is 5.33 Å². The van der Waals surface area contributed by atoms with Gasteiger partial charge in [-0.15, -0.1) is 0 Å². The highest BCUT2D eigenvalue weighted by Gasteiger charge is 1.96. The number of ether oxygens (including phenoxy) is 1. The third kappa shape index (κ3) is 5.70. The van der Waals surface area contributed by atoms with Crippen LogP contribution < -0.4 is 0 Å². The maximum absolute atomic E-state index is 5.32. The van der Waals surface area contributed by atoms with Gasteiger partial charge in [-0.25, -0.2) is 0 Å². The molecular formula is C6H11Br2OP. The summed E-state index contributed by atoms with van der Waals surface area (Å²) in [5, 5.41) is -0.319. The average molecular weight is 290 g/mol. The van der Waals surface area contributed by atoms with Crippen LogP contribution in [0.25, 0.3) is 0 Å². The maximum atomic E-state index is 5.32. The molecule has 0 aromatic rings. The van der Waals surface area contributed by atoms with Crippen molar-refractivity contribution < 1.29 is 4.74 Å². The molecule has 0 aromatic heterocycles. The van der Waals surface area contributed by atoms with E-state index in [1.807, 2.05) is 6.92 Å². The zero-order valence-corrected chi connectivity index (χ0v) is 10.2. The Bertz CT molecular complexity index is 114. The van der Waals surface area contributed by atoms with Crippen LogP contribution in [0.3, 0.4) is 0 Å². The first kappa shape index (κ1) is 10.9. The fourth-order valence-corrected chi connectivity index (χ4v) is 2.37. The summed E-state index contributed by atoms with van der Waals surface area (Å²) in [7, 11) is 0. The van der Waals surface area contributed by atoms with Crippen molar-refractivity contribution in [1.29, 1.82) is 0 Å². The fraction of sp³-hybridized carbons (Fsp3) is 0.667. The van der Waals surface area contributed by atoms with Crippen LogP contribution in [0.5, 0.6) is 0 Å². The van der Waals surface area contributed by atoms with Crippen LogP contribution in [-0.2, 0) is 4.74 Å². The minimum atomic E-state index is -0.319. The molecule has 0 N–H and O–H groups in total. The van der Waals surface area contributed by atoms with E-state index in [2.05, 4.69) is 43.7 Å². The number of halogens is 2. The molecule has 0 unspecified atom stereocenters. The van der Waals surface area contributed by atoms with Crippen molar-refractivity contribution in [1.82, 2.24) is 0 Å². The lowest BCUT2D eigenvalue weighted by atomic mass is 10.4. The first-order valence-electron chi connectivity index (χ1n) is 3.15. The molecule has 0 aliphatic rings. The van der Waals surface area contributed by atoms with Gasteiger partial charge in [0.1, 0.15) is 0 Å². The summed E-state index contributed by atoms with van der Waals surface area (Å²) in [6.45, 7) is 4.83. The molecule has 4 heteroatoms. The van der Waals surface area contributed by atoms with Crippen molar-refractivity contribution in [3.63, 3.8) is 0 Å². The molecule has 1 nitrogen and oxygen atoms in total. The maximum Gasteiger partial charge on any atom is 0.0977 e. The van der Waals surface area contributed by atoms with E-state index in [9.17, 15) is 0 Å². The smallest absolute Gasteiger partial charge is 0.0977 e. The zero-order chi connectivity index (χ0) is 7.98. The molecule has 0 atom stereocenters. The topological polar surface area (TPSA) is 9.23 Å². The summed E-state index contributed by atoms with van der Waals surface area (Å²) >= 11 is 6.82. The molecule has 10 heavy (non-hydrogen) atoms. The van der Waals surface area contributed by atoms with Gasteiger partial charge < -0.3 is 4.74 Å². The van der Waals surface area contributed by atoms with Crippen LogP contribution in [0.4, 0.5) is 0 Å². The quantitative estimate of drug-likeness (QED) is 0.551. The molecule has 0 spiro atoms. The van der Waals surface area contributed by atoms with Gasteiger partial charge in [0.15, 0.2) is 0 Å². The molecule has 0 aliphatic heterocycles. The second-order valence-corrected chi connectivity index (χ2v) is 9.86. The van der Waals surface area contributed by atoms with Crippen LogP contribution in [0.1, 0.15) is 20.3 Å². The highest BCUT2D eigenvalue weighted by Crippen LogP contribution is 2.54. The molecule has 0 aromatic carbocycles. The van der Waals surface area contributed by atoms with E-state index < -0.39 is 0 Å². The van der Waals surface area contributed by atoms with Gasteiger partial charge in [0.2, 0.25) is 0 Å². The van der Waals surface area contributed by atoms with Crippen LogP contribution in [0, 0.1) is 0 Å². The third-order valence-electron chi connectivity index (χ3n) is 0.920. The van der Waals surface area contributed by atoms with Gasteiger partial charge in [-0.1, -0.05) is 6.92 Å². The molecule has 0 aliphatic carbocycles. The van der Waals surface area contributed by atoms with Crippen molar-refractivity contribution in [2.75, 3.05) is 6.61 Å². The lowest BCUT2D eigenvalue weighted by Crippen LogP contribution is -1.87. The molecular weight excluding hydrogens is 279 g/mol. The van der Waals surface area contributed by atoms with E-state index in [0.717, 1.165) is 18.8 Å². The SMILES string of the molecule is CCO/C(=C/P(Br)Br)CC. The molecule has 0 saturated heterocycles. The Morgan fingerprint density at radius 3 is 2.40 bits per heavy atom. The second-order valence-electron chi connectivity index (χ2n) is 1.64. The summed E-state index contributed by atoms with van der Waals surface area (Å²) in [5.74, 6) is 3.13. The molecule has 0 radical (unpaired) electrons. The lowest BCUT2D eigenvalue weighted by Gasteiger charge is -2.05. The monoisotopic (exact) mass is 288 g/mol. The Morgan fingerprint density at radius 2 is 2.10 bits per heavy atom. The van der Waals surface area contributed by atoms with Crippen LogP contribution in [0.2, 0.25) is 0 Å². The highest BCUT2D eigenvalue weighted by molar-refractivity contribution is 9.69. The van der Waals surface area contributed by atoms with Crippen molar-refractivity contribution in [3.8, 4) is 0 Å². The van der Waals surface area contributed by atoms with E-state index in [1.165, 1.54) is 0 Å². The fourth-order valence-electron chi connectivity index (χ4n) is 0.525. The Balaban J connectivity index is 3.78. The van der Waals surface area contributed by atoms with Gasteiger partial charge in [-0.3, -0.25) is 0 Å². The number of allylic oxidation sites excluding steroid dienone is 1. The van der Waals surface area contributed by atoms with Crippen molar-refractivity contribution in [3.05, 3.63) is 11.6 Å². The van der Waals surface area contributed by atoms with Gasteiger partial charge in [0.25, 0.3) is 0 Å². The summed E-state index contributed by atoms with van der Waals surface area (Å²) in [6.07, 6.45) is 0.962. The lowest BCUT2D eigenvalue weighted by molar-refractivity contribution is 0.222. The van der Waals surface area contributed by atoms with Crippen LogP contribution in [-0.4, -0.2) is 6.61 Å². The van der Waals surface area contributed by atoms with Crippen molar-refractivity contribution in [2.24, 2.45) is 0 Å².